The largest absolute Gasteiger partial charge is 0.338 e. The number of benzene rings is 2. The van der Waals surface area contributed by atoms with Crippen molar-refractivity contribution in [2.75, 3.05) is 5.32 Å². The van der Waals surface area contributed by atoms with E-state index in [1.54, 1.807) is 35.0 Å². The number of nitrogens with zero attached hydrogens (tertiary/aromatic N) is 6. The maximum Gasteiger partial charge on any atom is 0.237 e. The Morgan fingerprint density at radius 2 is 2.07 bits per heavy atom. The van der Waals surface area contributed by atoms with Crippen LogP contribution in [0.25, 0.3) is 17.1 Å². The minimum absolute atomic E-state index is 0.165. The lowest BCUT2D eigenvalue weighted by molar-refractivity contribution is -0.114. The molecule has 0 bridgehead atoms. The molecule has 2 heterocycles. The Morgan fingerprint density at radius 1 is 1.24 bits per heavy atom. The Kier molecular flexibility index (Phi) is 5.29. The molecule has 4 rings (SSSR count). The van der Waals surface area contributed by atoms with Gasteiger partial charge in [-0.05, 0) is 52.9 Å². The first-order valence-corrected chi connectivity index (χ1v) is 9.45. The summed E-state index contributed by atoms with van der Waals surface area (Å²) < 4.78 is 19.8. The zero-order valence-corrected chi connectivity index (χ0v) is 15.9. The number of amides is 1. The Bertz CT molecular complexity index is 1140. The average Bonchev–Trinajstić information content (AvgIpc) is 3.36. The molecule has 9 nitrogen and oxygen atoms in total. The van der Waals surface area contributed by atoms with Gasteiger partial charge in [0.1, 0.15) is 5.82 Å². The van der Waals surface area contributed by atoms with Gasteiger partial charge in [-0.15, -0.1) is 5.10 Å². The first-order chi connectivity index (χ1) is 14.1. The van der Waals surface area contributed by atoms with E-state index in [0.717, 1.165) is 0 Å². The third kappa shape index (κ3) is 4.46. The van der Waals surface area contributed by atoms with Gasteiger partial charge in [0.15, 0.2) is 0 Å². The van der Waals surface area contributed by atoms with Gasteiger partial charge >= 0.3 is 0 Å². The first-order valence-electron chi connectivity index (χ1n) is 8.46. The lowest BCUT2D eigenvalue weighted by Gasteiger charge is -2.06. The molecule has 0 unspecified atom stereocenters. The summed E-state index contributed by atoms with van der Waals surface area (Å²) in [4.78, 5) is 15.6. The third-order valence-corrected chi connectivity index (χ3v) is 4.65. The van der Waals surface area contributed by atoms with E-state index in [4.69, 9.17) is 4.52 Å². The molecule has 0 aliphatic rings. The van der Waals surface area contributed by atoms with Gasteiger partial charge in [0, 0.05) is 18.2 Å². The van der Waals surface area contributed by atoms with Gasteiger partial charge in [-0.2, -0.15) is 9.67 Å². The number of hydrogen-bond acceptors (Lipinski definition) is 8. The van der Waals surface area contributed by atoms with Crippen LogP contribution in [0.15, 0.2) is 58.2 Å². The van der Waals surface area contributed by atoms with Gasteiger partial charge in [0.2, 0.25) is 22.8 Å². The van der Waals surface area contributed by atoms with Crippen LogP contribution in [0.4, 0.5) is 10.1 Å². The molecule has 4 aromatic rings. The lowest BCUT2D eigenvalue weighted by Crippen LogP contribution is -2.07. The van der Waals surface area contributed by atoms with Crippen molar-refractivity contribution >= 4 is 23.4 Å². The van der Waals surface area contributed by atoms with Crippen LogP contribution in [-0.4, -0.2) is 36.3 Å². The minimum atomic E-state index is -0.331. The van der Waals surface area contributed by atoms with E-state index in [-0.39, 0.29) is 11.7 Å². The van der Waals surface area contributed by atoms with E-state index >= 15 is 0 Å². The second kappa shape index (κ2) is 8.19. The maximum atomic E-state index is 13.0. The fourth-order valence-electron chi connectivity index (χ4n) is 2.51. The predicted octanol–water partition coefficient (Wildman–Crippen LogP) is 3.10. The standard InChI is InChI=1S/C18H14FN7O2S/c1-11(27)20-14-3-2-4-15(9-14)26-18(22-24-25-26)29-10-16-21-17(23-28-16)12-5-7-13(19)8-6-12/h2-9H,10H2,1H3,(H,20,27). The van der Waals surface area contributed by atoms with Crippen molar-refractivity contribution < 1.29 is 13.7 Å². The number of carbonyl (C=O) groups excluding carboxylic acids is 1. The number of anilines is 1. The van der Waals surface area contributed by atoms with E-state index in [1.165, 1.54) is 30.8 Å². The molecule has 29 heavy (non-hydrogen) atoms. The first kappa shape index (κ1) is 18.7. The summed E-state index contributed by atoms with van der Waals surface area (Å²) >= 11 is 1.32. The topological polar surface area (TPSA) is 112 Å². The molecule has 1 amide bonds. The number of carbonyl (C=O) groups is 1. The number of hydrogen-bond donors (Lipinski definition) is 1. The highest BCUT2D eigenvalue weighted by Gasteiger charge is 2.14. The van der Waals surface area contributed by atoms with Crippen molar-refractivity contribution in [1.82, 2.24) is 30.3 Å². The van der Waals surface area contributed by atoms with Gasteiger partial charge in [-0.1, -0.05) is 23.0 Å². The number of aromatic nitrogens is 6. The Morgan fingerprint density at radius 3 is 2.86 bits per heavy atom. The fourth-order valence-corrected chi connectivity index (χ4v) is 3.23. The number of rotatable bonds is 6. The molecule has 0 saturated carbocycles. The van der Waals surface area contributed by atoms with Gasteiger partial charge in [-0.25, -0.2) is 4.39 Å². The molecular formula is C18H14FN7O2S. The number of halogens is 1. The quantitative estimate of drug-likeness (QED) is 0.482. The molecule has 2 aromatic heterocycles. The van der Waals surface area contributed by atoms with Crippen LogP contribution < -0.4 is 5.32 Å². The molecular weight excluding hydrogens is 397 g/mol. The molecule has 2 aromatic carbocycles. The molecule has 0 radical (unpaired) electrons. The molecule has 11 heteroatoms. The number of nitrogens with one attached hydrogen (secondary N) is 1. The van der Waals surface area contributed by atoms with E-state index in [9.17, 15) is 9.18 Å². The molecule has 0 aliphatic carbocycles. The van der Waals surface area contributed by atoms with Crippen LogP contribution >= 0.6 is 11.8 Å². The van der Waals surface area contributed by atoms with E-state index in [2.05, 4.69) is 31.0 Å². The number of thioether (sulfide) groups is 1. The zero-order valence-electron chi connectivity index (χ0n) is 15.1. The summed E-state index contributed by atoms with van der Waals surface area (Å²) in [5.74, 6) is 0.614. The summed E-state index contributed by atoms with van der Waals surface area (Å²) in [5.41, 5.74) is 1.99. The van der Waals surface area contributed by atoms with Gasteiger partial charge in [0.05, 0.1) is 11.4 Å². The van der Waals surface area contributed by atoms with Gasteiger partial charge < -0.3 is 9.84 Å². The molecule has 0 saturated heterocycles. The fraction of sp³-hybridized carbons (Fsp3) is 0.111. The summed E-state index contributed by atoms with van der Waals surface area (Å²) in [6.45, 7) is 1.44. The van der Waals surface area contributed by atoms with Crippen molar-refractivity contribution in [3.05, 3.63) is 60.2 Å². The summed E-state index contributed by atoms with van der Waals surface area (Å²) in [5, 5.41) is 18.9. The van der Waals surface area contributed by atoms with Crippen molar-refractivity contribution in [3.63, 3.8) is 0 Å². The molecule has 0 atom stereocenters. The second-order valence-corrected chi connectivity index (χ2v) is 6.85. The smallest absolute Gasteiger partial charge is 0.237 e. The summed E-state index contributed by atoms with van der Waals surface area (Å²) in [7, 11) is 0. The third-order valence-electron chi connectivity index (χ3n) is 3.75. The van der Waals surface area contributed by atoms with Crippen molar-refractivity contribution in [2.24, 2.45) is 0 Å². The van der Waals surface area contributed by atoms with Crippen LogP contribution in [0.1, 0.15) is 12.8 Å². The second-order valence-electron chi connectivity index (χ2n) is 5.91. The maximum absolute atomic E-state index is 13.0. The number of tetrazole rings is 1. The van der Waals surface area contributed by atoms with Crippen LogP contribution in [0, 0.1) is 5.82 Å². The van der Waals surface area contributed by atoms with Gasteiger partial charge in [-0.3, -0.25) is 4.79 Å². The predicted molar refractivity (Wildman–Crippen MR) is 103 cm³/mol. The zero-order chi connectivity index (χ0) is 20.2. The Hall–Kier alpha value is -3.60. The highest BCUT2D eigenvalue weighted by molar-refractivity contribution is 7.98. The molecule has 0 spiro atoms. The van der Waals surface area contributed by atoms with E-state index in [1.807, 2.05) is 6.07 Å². The normalized spacial score (nSPS) is 10.8. The summed E-state index contributed by atoms with van der Waals surface area (Å²) in [6.07, 6.45) is 0. The molecule has 1 N–H and O–H groups in total. The Balaban J connectivity index is 1.48. The molecule has 146 valence electrons. The molecule has 0 fully saturated rings. The van der Waals surface area contributed by atoms with Crippen molar-refractivity contribution in [2.45, 2.75) is 17.8 Å². The van der Waals surface area contributed by atoms with Crippen LogP contribution in [0.3, 0.4) is 0 Å². The van der Waals surface area contributed by atoms with Crippen LogP contribution in [0.2, 0.25) is 0 Å². The molecule has 0 aliphatic heterocycles. The highest BCUT2D eigenvalue weighted by Crippen LogP contribution is 2.24. The van der Waals surface area contributed by atoms with Crippen molar-refractivity contribution in [3.8, 4) is 17.1 Å². The SMILES string of the molecule is CC(=O)Nc1cccc(-n2nnnc2SCc2nc(-c3ccc(F)cc3)no2)c1. The van der Waals surface area contributed by atoms with Crippen molar-refractivity contribution in [1.29, 1.82) is 0 Å². The highest BCUT2D eigenvalue weighted by atomic mass is 32.2. The van der Waals surface area contributed by atoms with E-state index < -0.39 is 0 Å². The van der Waals surface area contributed by atoms with Crippen LogP contribution in [0.5, 0.6) is 0 Å². The van der Waals surface area contributed by atoms with Crippen LogP contribution in [-0.2, 0) is 10.5 Å². The van der Waals surface area contributed by atoms with E-state index in [0.29, 0.717) is 39.6 Å². The Labute approximate surface area is 168 Å². The summed E-state index contributed by atoms with van der Waals surface area (Å²) in [6, 6.07) is 13.0. The average molecular weight is 411 g/mol. The lowest BCUT2D eigenvalue weighted by atomic mass is 10.2. The minimum Gasteiger partial charge on any atom is -0.338 e. The monoisotopic (exact) mass is 411 g/mol. The van der Waals surface area contributed by atoms with Gasteiger partial charge in [0.25, 0.3) is 0 Å².